The van der Waals surface area contributed by atoms with E-state index in [1.54, 1.807) is 63.2 Å². The normalized spacial score (nSPS) is 12.5. The van der Waals surface area contributed by atoms with Gasteiger partial charge in [-0.1, -0.05) is 35.9 Å². The maximum absolute atomic E-state index is 13.1. The number of amides is 1. The minimum Gasteiger partial charge on any atom is -0.467 e. The summed E-state index contributed by atoms with van der Waals surface area (Å²) >= 11 is 6.14. The molecule has 0 aliphatic rings. The highest BCUT2D eigenvalue weighted by atomic mass is 35.5. The van der Waals surface area contributed by atoms with Crippen molar-refractivity contribution in [2.24, 2.45) is 0 Å². The summed E-state index contributed by atoms with van der Waals surface area (Å²) in [6, 6.07) is 14.5. The molecule has 1 amide bonds. The third kappa shape index (κ3) is 7.84. The number of rotatable bonds is 9. The molecule has 0 saturated heterocycles. The van der Waals surface area contributed by atoms with Gasteiger partial charge in [-0.15, -0.1) is 0 Å². The molecule has 0 fully saturated rings. The van der Waals surface area contributed by atoms with E-state index in [1.807, 2.05) is 32.9 Å². The lowest BCUT2D eigenvalue weighted by Gasteiger charge is -2.24. The van der Waals surface area contributed by atoms with Gasteiger partial charge >= 0.3 is 5.97 Å². The maximum atomic E-state index is 13.1. The zero-order valence-electron chi connectivity index (χ0n) is 23.7. The number of aryl methyl sites for hydroxylation is 3. The van der Waals surface area contributed by atoms with E-state index in [0.29, 0.717) is 33.0 Å². The highest BCUT2D eigenvalue weighted by Crippen LogP contribution is 2.28. The van der Waals surface area contributed by atoms with Crippen LogP contribution in [0.1, 0.15) is 47.8 Å². The zero-order valence-corrected chi connectivity index (χ0v) is 25.3. The fourth-order valence-corrected chi connectivity index (χ4v) is 5.57. The standard InChI is InChI=1S/C30H35ClN2O6S/c1-18-13-22(11-12-24(18)28(34)32-26(29(35)38-7)17-39-30(4,5)6)21-9-8-10-23(16-21)33-40(36,37)27-15-19(2)25(31)14-20(27)3/h8-16,26,33H,17H2,1-7H3,(H,32,34). The first-order chi connectivity index (χ1) is 18.6. The van der Waals surface area contributed by atoms with Gasteiger partial charge in [0.2, 0.25) is 0 Å². The lowest BCUT2D eigenvalue weighted by Crippen LogP contribution is -2.46. The lowest BCUT2D eigenvalue weighted by molar-refractivity contribution is -0.146. The van der Waals surface area contributed by atoms with E-state index in [9.17, 15) is 18.0 Å². The number of sulfonamides is 1. The summed E-state index contributed by atoms with van der Waals surface area (Å²) in [4.78, 5) is 25.4. The van der Waals surface area contributed by atoms with E-state index in [4.69, 9.17) is 21.1 Å². The van der Waals surface area contributed by atoms with Crippen LogP contribution in [0.2, 0.25) is 5.02 Å². The number of nitrogens with one attached hydrogen (secondary N) is 2. The number of hydrogen-bond donors (Lipinski definition) is 2. The van der Waals surface area contributed by atoms with E-state index >= 15 is 0 Å². The van der Waals surface area contributed by atoms with Gasteiger partial charge in [0.05, 0.1) is 24.2 Å². The summed E-state index contributed by atoms with van der Waals surface area (Å²) in [5, 5.41) is 3.20. The quantitative estimate of drug-likeness (QED) is 0.306. The Hall–Kier alpha value is -3.40. The molecule has 3 rings (SSSR count). The molecule has 2 N–H and O–H groups in total. The number of halogens is 1. The number of carbonyl (C=O) groups excluding carboxylic acids is 2. The second-order valence-corrected chi connectivity index (χ2v) is 12.6. The fraction of sp³-hybridized carbons (Fsp3) is 0.333. The molecule has 0 radical (unpaired) electrons. The molecule has 10 heteroatoms. The monoisotopic (exact) mass is 586 g/mol. The van der Waals surface area contributed by atoms with E-state index in [-0.39, 0.29) is 11.5 Å². The average molecular weight is 587 g/mol. The van der Waals surface area contributed by atoms with E-state index in [0.717, 1.165) is 11.1 Å². The number of methoxy groups -OCH3 is 1. The molecule has 8 nitrogen and oxygen atoms in total. The van der Waals surface area contributed by atoms with Crippen LogP contribution in [-0.2, 0) is 24.3 Å². The molecular weight excluding hydrogens is 552 g/mol. The van der Waals surface area contributed by atoms with Gasteiger partial charge in [-0.05, 0) is 99.7 Å². The molecular formula is C30H35ClN2O6S. The third-order valence-corrected chi connectivity index (χ3v) is 8.07. The summed E-state index contributed by atoms with van der Waals surface area (Å²) in [5.74, 6) is -1.04. The third-order valence-electron chi connectivity index (χ3n) is 6.14. The Morgan fingerprint density at radius 3 is 2.23 bits per heavy atom. The maximum Gasteiger partial charge on any atom is 0.330 e. The molecule has 0 saturated carbocycles. The topological polar surface area (TPSA) is 111 Å². The van der Waals surface area contributed by atoms with Crippen molar-refractivity contribution >= 4 is 39.2 Å². The van der Waals surface area contributed by atoms with Crippen LogP contribution in [0.5, 0.6) is 0 Å². The molecule has 1 atom stereocenters. The fourth-order valence-electron chi connectivity index (χ4n) is 3.99. The van der Waals surface area contributed by atoms with Gasteiger partial charge in [0, 0.05) is 16.3 Å². The Morgan fingerprint density at radius 1 is 0.925 bits per heavy atom. The van der Waals surface area contributed by atoms with Crippen molar-refractivity contribution in [3.8, 4) is 11.1 Å². The summed E-state index contributed by atoms with van der Waals surface area (Å²) in [5.41, 5.74) is 3.71. The largest absolute Gasteiger partial charge is 0.467 e. The molecule has 0 aromatic heterocycles. The predicted octanol–water partition coefficient (Wildman–Crippen LogP) is 5.82. The van der Waals surface area contributed by atoms with Crippen molar-refractivity contribution < 1.29 is 27.5 Å². The minimum atomic E-state index is -3.85. The van der Waals surface area contributed by atoms with E-state index in [1.165, 1.54) is 7.11 Å². The number of ether oxygens (including phenoxy) is 2. The Balaban J connectivity index is 1.82. The van der Waals surface area contributed by atoms with Crippen LogP contribution in [0.25, 0.3) is 11.1 Å². The number of benzene rings is 3. The Labute approximate surface area is 241 Å². The number of esters is 1. The summed E-state index contributed by atoms with van der Waals surface area (Å²) in [6.07, 6.45) is 0. The Kier molecular flexibility index (Phi) is 9.66. The molecule has 0 bridgehead atoms. The molecule has 3 aromatic rings. The highest BCUT2D eigenvalue weighted by Gasteiger charge is 2.26. The second-order valence-electron chi connectivity index (χ2n) is 10.6. The average Bonchev–Trinajstić information content (AvgIpc) is 2.87. The van der Waals surface area contributed by atoms with Gasteiger partial charge in [0.25, 0.3) is 15.9 Å². The van der Waals surface area contributed by atoms with Gasteiger partial charge in [-0.2, -0.15) is 0 Å². The van der Waals surface area contributed by atoms with Crippen LogP contribution >= 0.6 is 11.6 Å². The zero-order chi connectivity index (χ0) is 29.8. The Bertz CT molecular complexity index is 1530. The van der Waals surface area contributed by atoms with Gasteiger partial charge in [0.15, 0.2) is 6.04 Å². The van der Waals surface area contributed by atoms with E-state index < -0.39 is 33.5 Å². The summed E-state index contributed by atoms with van der Waals surface area (Å²) in [7, 11) is -2.60. The smallest absolute Gasteiger partial charge is 0.330 e. The van der Waals surface area contributed by atoms with Crippen LogP contribution in [0, 0.1) is 20.8 Å². The summed E-state index contributed by atoms with van der Waals surface area (Å²) in [6.45, 7) is 10.8. The highest BCUT2D eigenvalue weighted by molar-refractivity contribution is 7.92. The SMILES string of the molecule is COC(=O)C(COC(C)(C)C)NC(=O)c1ccc(-c2cccc(NS(=O)(=O)c3cc(C)c(Cl)cc3C)c2)cc1C. The van der Waals surface area contributed by atoms with Crippen molar-refractivity contribution in [3.05, 3.63) is 81.9 Å². The molecule has 0 spiro atoms. The number of anilines is 1. The van der Waals surface area contributed by atoms with Crippen molar-refractivity contribution in [2.75, 3.05) is 18.4 Å². The van der Waals surface area contributed by atoms with Crippen LogP contribution < -0.4 is 10.0 Å². The van der Waals surface area contributed by atoms with Crippen LogP contribution in [0.4, 0.5) is 5.69 Å². The molecule has 0 aliphatic heterocycles. The Morgan fingerprint density at radius 2 is 1.60 bits per heavy atom. The van der Waals surface area contributed by atoms with Gasteiger partial charge in [-0.3, -0.25) is 9.52 Å². The van der Waals surface area contributed by atoms with Crippen LogP contribution in [0.3, 0.4) is 0 Å². The van der Waals surface area contributed by atoms with Gasteiger partial charge < -0.3 is 14.8 Å². The molecule has 1 unspecified atom stereocenters. The van der Waals surface area contributed by atoms with E-state index in [2.05, 4.69) is 10.0 Å². The van der Waals surface area contributed by atoms with Gasteiger partial charge in [-0.25, -0.2) is 13.2 Å². The summed E-state index contributed by atoms with van der Waals surface area (Å²) < 4.78 is 39.4. The molecule has 214 valence electrons. The van der Waals surface area contributed by atoms with Crippen molar-refractivity contribution in [3.63, 3.8) is 0 Å². The molecule has 0 aliphatic carbocycles. The molecule has 3 aromatic carbocycles. The van der Waals surface area contributed by atoms with Crippen molar-refractivity contribution in [1.29, 1.82) is 0 Å². The minimum absolute atomic E-state index is 0.0309. The number of carbonyl (C=O) groups is 2. The predicted molar refractivity (Wildman–Crippen MR) is 157 cm³/mol. The van der Waals surface area contributed by atoms with Crippen LogP contribution in [-0.4, -0.2) is 45.7 Å². The van der Waals surface area contributed by atoms with Crippen molar-refractivity contribution in [1.82, 2.24) is 5.32 Å². The first kappa shape index (κ1) is 31.1. The first-order valence-corrected chi connectivity index (χ1v) is 14.5. The van der Waals surface area contributed by atoms with Crippen LogP contribution in [0.15, 0.2) is 59.5 Å². The second kappa shape index (κ2) is 12.4. The van der Waals surface area contributed by atoms with Crippen molar-refractivity contribution in [2.45, 2.75) is 58.1 Å². The molecule has 0 heterocycles. The first-order valence-electron chi connectivity index (χ1n) is 12.6. The van der Waals surface area contributed by atoms with Gasteiger partial charge in [0.1, 0.15) is 0 Å². The number of hydrogen-bond acceptors (Lipinski definition) is 6. The lowest BCUT2D eigenvalue weighted by atomic mass is 9.99. The molecule has 40 heavy (non-hydrogen) atoms.